The van der Waals surface area contributed by atoms with Crippen LogP contribution in [0.3, 0.4) is 0 Å². The van der Waals surface area contributed by atoms with Gasteiger partial charge < -0.3 is 9.14 Å². The number of nitrogens with zero attached hydrogens (tertiary/aromatic N) is 1. The summed E-state index contributed by atoms with van der Waals surface area (Å²) in [5.74, 6) is -0.247. The van der Waals surface area contributed by atoms with Crippen molar-refractivity contribution in [1.29, 1.82) is 0 Å². The lowest BCUT2D eigenvalue weighted by atomic mass is 9.88. The summed E-state index contributed by atoms with van der Waals surface area (Å²) in [7, 11) is 0. The first kappa shape index (κ1) is 15.9. The number of carbonyl (C=O) groups excluding carboxylic acids is 1. The van der Waals surface area contributed by atoms with Gasteiger partial charge in [0, 0.05) is 11.8 Å². The van der Waals surface area contributed by atoms with Crippen LogP contribution in [0.15, 0.2) is 79.0 Å². The number of ether oxygens (including phenoxy) is 1. The van der Waals surface area contributed by atoms with E-state index < -0.39 is 0 Å². The maximum Gasteiger partial charge on any atom is 0.340 e. The van der Waals surface area contributed by atoms with Crippen LogP contribution in [0.4, 0.5) is 0 Å². The van der Waals surface area contributed by atoms with Gasteiger partial charge in [0.05, 0.1) is 16.8 Å². The van der Waals surface area contributed by atoms with Gasteiger partial charge in [-0.2, -0.15) is 0 Å². The Bertz CT molecular complexity index is 1140. The Hall–Kier alpha value is -3.33. The molecule has 0 aliphatic heterocycles. The lowest BCUT2D eigenvalue weighted by molar-refractivity contribution is 0.0474. The monoisotopic (exact) mass is 353 g/mol. The van der Waals surface area contributed by atoms with E-state index >= 15 is 0 Å². The maximum absolute atomic E-state index is 13.0. The fourth-order valence-electron chi connectivity index (χ4n) is 4.05. The summed E-state index contributed by atoms with van der Waals surface area (Å²) in [6.45, 7) is 0.287. The first-order valence-corrected chi connectivity index (χ1v) is 9.24. The van der Waals surface area contributed by atoms with E-state index in [9.17, 15) is 4.79 Å². The Morgan fingerprint density at radius 1 is 0.889 bits per heavy atom. The largest absolute Gasteiger partial charge is 0.457 e. The Morgan fingerprint density at radius 3 is 2.56 bits per heavy atom. The fourth-order valence-corrected chi connectivity index (χ4v) is 4.05. The normalized spacial score (nSPS) is 12.4. The Morgan fingerprint density at radius 2 is 1.67 bits per heavy atom. The third kappa shape index (κ3) is 2.63. The average molecular weight is 353 g/mol. The molecule has 0 atom stereocenters. The maximum atomic E-state index is 13.0. The molecule has 2 aromatic heterocycles. The molecule has 0 N–H and O–H groups in total. The minimum Gasteiger partial charge on any atom is -0.457 e. The van der Waals surface area contributed by atoms with Gasteiger partial charge in [-0.1, -0.05) is 60.7 Å². The van der Waals surface area contributed by atoms with Crippen LogP contribution < -0.4 is 0 Å². The van der Waals surface area contributed by atoms with Crippen molar-refractivity contribution < 1.29 is 9.53 Å². The number of fused-ring (bicyclic) bond motifs is 5. The highest BCUT2D eigenvalue weighted by molar-refractivity contribution is 6.02. The molecule has 0 fully saturated rings. The van der Waals surface area contributed by atoms with Crippen molar-refractivity contribution in [2.75, 3.05) is 0 Å². The van der Waals surface area contributed by atoms with E-state index in [1.165, 1.54) is 11.1 Å². The number of esters is 1. The summed E-state index contributed by atoms with van der Waals surface area (Å²) in [5.41, 5.74) is 7.37. The number of hydrogen-bond acceptors (Lipinski definition) is 2. The zero-order chi connectivity index (χ0) is 18.2. The molecule has 0 spiro atoms. The summed E-state index contributed by atoms with van der Waals surface area (Å²) in [4.78, 5) is 13.0. The van der Waals surface area contributed by atoms with Crippen LogP contribution in [0.25, 0.3) is 16.8 Å². The number of hydrogen-bond donors (Lipinski definition) is 0. The Balaban J connectivity index is 1.61. The summed E-state index contributed by atoms with van der Waals surface area (Å²) in [6, 6.07) is 24.2. The van der Waals surface area contributed by atoms with Crippen LogP contribution in [-0.4, -0.2) is 10.4 Å². The predicted molar refractivity (Wildman–Crippen MR) is 106 cm³/mol. The Kier molecular flexibility index (Phi) is 3.79. The third-order valence-corrected chi connectivity index (χ3v) is 5.28. The highest BCUT2D eigenvalue weighted by Crippen LogP contribution is 2.38. The summed E-state index contributed by atoms with van der Waals surface area (Å²) < 4.78 is 7.81. The number of carbonyl (C=O) groups is 1. The van der Waals surface area contributed by atoms with Gasteiger partial charge in [0.15, 0.2) is 0 Å². The van der Waals surface area contributed by atoms with Gasteiger partial charge in [-0.25, -0.2) is 4.79 Å². The van der Waals surface area contributed by atoms with Crippen molar-refractivity contribution in [2.24, 2.45) is 0 Å². The molecular formula is C24H19NO2. The van der Waals surface area contributed by atoms with Gasteiger partial charge in [0.25, 0.3) is 0 Å². The molecule has 1 aliphatic rings. The van der Waals surface area contributed by atoms with E-state index in [4.69, 9.17) is 4.74 Å². The molecule has 0 radical (unpaired) electrons. The highest BCUT2D eigenvalue weighted by Gasteiger charge is 2.28. The second kappa shape index (κ2) is 6.44. The van der Waals surface area contributed by atoms with Gasteiger partial charge in [-0.3, -0.25) is 0 Å². The lowest BCUT2D eigenvalue weighted by Gasteiger charge is -2.18. The Labute approximate surface area is 157 Å². The van der Waals surface area contributed by atoms with E-state index in [2.05, 4.69) is 28.7 Å². The molecular weight excluding hydrogens is 334 g/mol. The summed E-state index contributed by atoms with van der Waals surface area (Å²) >= 11 is 0. The third-order valence-electron chi connectivity index (χ3n) is 5.28. The zero-order valence-corrected chi connectivity index (χ0v) is 14.9. The van der Waals surface area contributed by atoms with E-state index in [-0.39, 0.29) is 12.6 Å². The molecule has 0 amide bonds. The van der Waals surface area contributed by atoms with Gasteiger partial charge in [-0.05, 0) is 41.7 Å². The molecule has 0 unspecified atom stereocenters. The zero-order valence-electron chi connectivity index (χ0n) is 14.9. The van der Waals surface area contributed by atoms with Gasteiger partial charge in [0.1, 0.15) is 6.61 Å². The molecule has 0 bridgehead atoms. The number of aromatic nitrogens is 1. The molecule has 2 heterocycles. The van der Waals surface area contributed by atoms with E-state index in [0.29, 0.717) is 5.56 Å². The van der Waals surface area contributed by atoms with Crippen LogP contribution in [-0.2, 0) is 24.2 Å². The second-order valence-corrected chi connectivity index (χ2v) is 6.88. The summed E-state index contributed by atoms with van der Waals surface area (Å²) in [6.07, 6.45) is 3.83. The van der Waals surface area contributed by atoms with E-state index in [1.54, 1.807) is 0 Å². The molecule has 0 saturated carbocycles. The molecule has 3 nitrogen and oxygen atoms in total. The van der Waals surface area contributed by atoms with Crippen LogP contribution in [0.2, 0.25) is 0 Å². The van der Waals surface area contributed by atoms with Gasteiger partial charge in [0.2, 0.25) is 0 Å². The average Bonchev–Trinajstić information content (AvgIpc) is 3.08. The van der Waals surface area contributed by atoms with Gasteiger partial charge >= 0.3 is 5.97 Å². The number of rotatable bonds is 3. The molecule has 132 valence electrons. The number of pyridine rings is 1. The van der Waals surface area contributed by atoms with Crippen molar-refractivity contribution in [3.63, 3.8) is 0 Å². The predicted octanol–water partition coefficient (Wildman–Crippen LogP) is 5.06. The van der Waals surface area contributed by atoms with E-state index in [1.807, 2.05) is 54.7 Å². The lowest BCUT2D eigenvalue weighted by Crippen LogP contribution is -2.10. The van der Waals surface area contributed by atoms with Crippen LogP contribution in [0.1, 0.15) is 27.0 Å². The fraction of sp³-hybridized carbons (Fsp3) is 0.125. The van der Waals surface area contributed by atoms with Crippen LogP contribution >= 0.6 is 0 Å². The van der Waals surface area contributed by atoms with Crippen molar-refractivity contribution in [2.45, 2.75) is 19.4 Å². The van der Waals surface area contributed by atoms with Crippen molar-refractivity contribution in [3.05, 3.63) is 101 Å². The van der Waals surface area contributed by atoms with Crippen LogP contribution in [0.5, 0.6) is 0 Å². The van der Waals surface area contributed by atoms with Crippen molar-refractivity contribution in [1.82, 2.24) is 4.40 Å². The van der Waals surface area contributed by atoms with Crippen LogP contribution in [0, 0.1) is 0 Å². The minimum absolute atomic E-state index is 0.247. The molecule has 5 rings (SSSR count). The molecule has 4 aromatic rings. The molecule has 0 saturated heterocycles. The standard InChI is InChI=1S/C24H19NO2/c26-24(27-16-17-8-2-1-3-9-17)22-20-14-13-18-10-4-5-11-19(18)23(20)25-15-7-6-12-21(22)25/h1-12,15H,13-14,16H2. The molecule has 1 aliphatic carbocycles. The summed E-state index contributed by atoms with van der Waals surface area (Å²) in [5, 5.41) is 0. The van der Waals surface area contributed by atoms with Crippen molar-refractivity contribution in [3.8, 4) is 11.3 Å². The molecule has 3 heteroatoms. The molecule has 2 aromatic carbocycles. The topological polar surface area (TPSA) is 30.7 Å². The smallest absolute Gasteiger partial charge is 0.340 e. The molecule has 27 heavy (non-hydrogen) atoms. The number of aryl methyl sites for hydroxylation is 1. The van der Waals surface area contributed by atoms with Crippen molar-refractivity contribution >= 4 is 11.5 Å². The first-order valence-electron chi connectivity index (χ1n) is 9.24. The quantitative estimate of drug-likeness (QED) is 0.482. The van der Waals surface area contributed by atoms with E-state index in [0.717, 1.165) is 35.2 Å². The SMILES string of the molecule is O=C(OCc1ccccc1)c1c2c(n3ccccc13)-c1ccccc1CC2. The minimum atomic E-state index is -0.247. The first-order chi connectivity index (χ1) is 13.3. The number of benzene rings is 2. The van der Waals surface area contributed by atoms with Gasteiger partial charge in [-0.15, -0.1) is 0 Å². The second-order valence-electron chi connectivity index (χ2n) is 6.88. The highest BCUT2D eigenvalue weighted by atomic mass is 16.5.